The van der Waals surface area contributed by atoms with Crippen molar-refractivity contribution in [3.63, 3.8) is 0 Å². The molecule has 126 valence electrons. The van der Waals surface area contributed by atoms with Gasteiger partial charge in [-0.2, -0.15) is 0 Å². The van der Waals surface area contributed by atoms with Crippen molar-refractivity contribution in [2.45, 2.75) is 0 Å². The van der Waals surface area contributed by atoms with E-state index < -0.39 is 11.8 Å². The fourth-order valence-electron chi connectivity index (χ4n) is 1.93. The summed E-state index contributed by atoms with van der Waals surface area (Å²) in [5.41, 5.74) is 0.984. The minimum atomic E-state index is -0.424. The third-order valence-corrected chi connectivity index (χ3v) is 4.27. The van der Waals surface area contributed by atoms with Crippen LogP contribution in [0.5, 0.6) is 0 Å². The maximum absolute atomic E-state index is 12.0. The highest BCUT2D eigenvalue weighted by molar-refractivity contribution is 7.18. The molecule has 0 saturated carbocycles. The average Bonchev–Trinajstić information content (AvgIpc) is 3.09. The van der Waals surface area contributed by atoms with E-state index in [2.05, 4.69) is 25.8 Å². The first-order chi connectivity index (χ1) is 12.1. The average molecular weight is 374 g/mol. The van der Waals surface area contributed by atoms with Crippen molar-refractivity contribution in [3.05, 3.63) is 59.2 Å². The van der Waals surface area contributed by atoms with Gasteiger partial charge in [0.25, 0.3) is 5.91 Å². The largest absolute Gasteiger partial charge is 0.343 e. The maximum atomic E-state index is 12.0. The van der Waals surface area contributed by atoms with Gasteiger partial charge in [0.15, 0.2) is 5.01 Å². The molecular formula is C16H12ClN5O2S. The Balaban J connectivity index is 1.56. The number of pyridine rings is 1. The van der Waals surface area contributed by atoms with Crippen molar-refractivity contribution in [1.29, 1.82) is 0 Å². The number of benzene rings is 1. The predicted octanol–water partition coefficient (Wildman–Crippen LogP) is 2.62. The molecule has 9 heteroatoms. The monoisotopic (exact) mass is 373 g/mol. The van der Waals surface area contributed by atoms with Crippen molar-refractivity contribution < 1.29 is 9.59 Å². The molecule has 25 heavy (non-hydrogen) atoms. The second-order valence-corrected chi connectivity index (χ2v) is 6.22. The van der Waals surface area contributed by atoms with Gasteiger partial charge in [-0.05, 0) is 24.3 Å². The number of anilines is 1. The Morgan fingerprint density at radius 3 is 2.64 bits per heavy atom. The Morgan fingerprint density at radius 1 is 1.08 bits per heavy atom. The lowest BCUT2D eigenvalue weighted by Crippen LogP contribution is -2.32. The molecule has 3 aromatic rings. The lowest BCUT2D eigenvalue weighted by Gasteiger charge is -2.06. The Bertz CT molecular complexity index is 900. The zero-order chi connectivity index (χ0) is 17.6. The van der Waals surface area contributed by atoms with Crippen LogP contribution in [0.3, 0.4) is 0 Å². The molecule has 0 aliphatic heterocycles. The molecule has 0 saturated heterocycles. The molecule has 0 unspecified atom stereocenters. The van der Waals surface area contributed by atoms with Crippen LogP contribution in [0.2, 0.25) is 5.02 Å². The van der Waals surface area contributed by atoms with E-state index in [-0.39, 0.29) is 6.54 Å². The van der Waals surface area contributed by atoms with Gasteiger partial charge < -0.3 is 5.32 Å². The van der Waals surface area contributed by atoms with E-state index >= 15 is 0 Å². The topological polar surface area (TPSA) is 96.9 Å². The molecule has 7 nitrogen and oxygen atoms in total. The van der Waals surface area contributed by atoms with Gasteiger partial charge in [-0.25, -0.2) is 0 Å². The van der Waals surface area contributed by atoms with Crippen molar-refractivity contribution in [3.8, 4) is 10.7 Å². The molecule has 0 bridgehead atoms. The molecule has 0 atom stereocenters. The van der Waals surface area contributed by atoms with Crippen LogP contribution in [0.15, 0.2) is 48.7 Å². The van der Waals surface area contributed by atoms with E-state index in [1.165, 1.54) is 11.3 Å². The van der Waals surface area contributed by atoms with Crippen LogP contribution in [0.1, 0.15) is 10.4 Å². The summed E-state index contributed by atoms with van der Waals surface area (Å²) < 4.78 is 0. The summed E-state index contributed by atoms with van der Waals surface area (Å²) in [5, 5.41) is 14.2. The van der Waals surface area contributed by atoms with Crippen molar-refractivity contribution in [2.75, 3.05) is 11.9 Å². The Kier molecular flexibility index (Phi) is 5.32. The Hall–Kier alpha value is -2.84. The van der Waals surface area contributed by atoms with E-state index in [1.54, 1.807) is 42.6 Å². The van der Waals surface area contributed by atoms with E-state index in [4.69, 9.17) is 11.6 Å². The summed E-state index contributed by atoms with van der Waals surface area (Å²) in [6.07, 6.45) is 1.65. The first-order valence-electron chi connectivity index (χ1n) is 7.21. The number of nitrogens with zero attached hydrogens (tertiary/aromatic N) is 3. The first kappa shape index (κ1) is 17.0. The number of hydrogen-bond donors (Lipinski definition) is 2. The van der Waals surface area contributed by atoms with Crippen LogP contribution in [0.4, 0.5) is 5.13 Å². The number of aromatic nitrogens is 3. The summed E-state index contributed by atoms with van der Waals surface area (Å²) in [6, 6.07) is 12.1. The van der Waals surface area contributed by atoms with Crippen LogP contribution in [-0.4, -0.2) is 33.5 Å². The summed E-state index contributed by atoms with van der Waals surface area (Å²) in [4.78, 5) is 28.1. The van der Waals surface area contributed by atoms with Crippen molar-refractivity contribution >= 4 is 39.9 Å². The van der Waals surface area contributed by atoms with Gasteiger partial charge >= 0.3 is 0 Å². The molecule has 1 aromatic carbocycles. The minimum Gasteiger partial charge on any atom is -0.343 e. The summed E-state index contributed by atoms with van der Waals surface area (Å²) in [7, 11) is 0. The van der Waals surface area contributed by atoms with Gasteiger partial charge in [0.1, 0.15) is 5.69 Å². The molecular weight excluding hydrogens is 362 g/mol. The molecule has 2 amide bonds. The number of carbonyl (C=O) groups excluding carboxylic acids is 2. The van der Waals surface area contributed by atoms with Crippen molar-refractivity contribution in [2.24, 2.45) is 0 Å². The van der Waals surface area contributed by atoms with E-state index in [0.29, 0.717) is 26.4 Å². The van der Waals surface area contributed by atoms with Crippen LogP contribution in [0.25, 0.3) is 10.7 Å². The summed E-state index contributed by atoms with van der Waals surface area (Å²) in [6.45, 7) is -0.206. The van der Waals surface area contributed by atoms with Crippen LogP contribution >= 0.6 is 22.9 Å². The fourth-order valence-corrected chi connectivity index (χ4v) is 2.89. The number of hydrogen-bond acceptors (Lipinski definition) is 6. The molecule has 3 rings (SSSR count). The van der Waals surface area contributed by atoms with E-state index in [1.807, 2.05) is 6.07 Å². The molecule has 0 spiro atoms. The van der Waals surface area contributed by atoms with E-state index in [9.17, 15) is 9.59 Å². The van der Waals surface area contributed by atoms with Crippen molar-refractivity contribution in [1.82, 2.24) is 20.5 Å². The first-order valence-corrected chi connectivity index (χ1v) is 8.40. The van der Waals surface area contributed by atoms with Crippen LogP contribution in [-0.2, 0) is 4.79 Å². The standard InChI is InChI=1S/C16H12ClN5O2S/c17-11-6-2-1-5-10(11)14(24)19-9-13(23)20-16-22-21-15(25-16)12-7-3-4-8-18-12/h1-8H,9H2,(H,19,24)(H,20,22,23). The number of carbonyl (C=O) groups is 2. The number of amides is 2. The van der Waals surface area contributed by atoms with Gasteiger partial charge in [-0.1, -0.05) is 41.1 Å². The molecule has 0 aliphatic rings. The normalized spacial score (nSPS) is 10.3. The second-order valence-electron chi connectivity index (χ2n) is 4.84. The second kappa shape index (κ2) is 7.82. The number of rotatable bonds is 5. The molecule has 0 aliphatic carbocycles. The zero-order valence-corrected chi connectivity index (χ0v) is 14.3. The predicted molar refractivity (Wildman–Crippen MR) is 95.6 cm³/mol. The van der Waals surface area contributed by atoms with Gasteiger partial charge in [0, 0.05) is 6.20 Å². The Labute approximate surface area is 152 Å². The lowest BCUT2D eigenvalue weighted by atomic mass is 10.2. The summed E-state index contributed by atoms with van der Waals surface area (Å²) in [5.74, 6) is -0.837. The lowest BCUT2D eigenvalue weighted by molar-refractivity contribution is -0.115. The summed E-state index contributed by atoms with van der Waals surface area (Å²) >= 11 is 7.14. The van der Waals surface area contributed by atoms with E-state index in [0.717, 1.165) is 0 Å². The quantitative estimate of drug-likeness (QED) is 0.716. The number of nitrogens with one attached hydrogen (secondary N) is 2. The molecule has 2 heterocycles. The molecule has 2 N–H and O–H groups in total. The maximum Gasteiger partial charge on any atom is 0.253 e. The van der Waals surface area contributed by atoms with Gasteiger partial charge in [0.05, 0.1) is 17.1 Å². The highest BCUT2D eigenvalue weighted by Gasteiger charge is 2.13. The minimum absolute atomic E-state index is 0.206. The van der Waals surface area contributed by atoms with Crippen LogP contribution < -0.4 is 10.6 Å². The molecule has 2 aromatic heterocycles. The number of halogens is 1. The molecule has 0 fully saturated rings. The Morgan fingerprint density at radius 2 is 1.88 bits per heavy atom. The highest BCUT2D eigenvalue weighted by atomic mass is 35.5. The highest BCUT2D eigenvalue weighted by Crippen LogP contribution is 2.24. The SMILES string of the molecule is O=C(CNC(=O)c1ccccc1Cl)Nc1nnc(-c2ccccn2)s1. The third kappa shape index (κ3) is 4.37. The fraction of sp³-hybridized carbons (Fsp3) is 0.0625. The smallest absolute Gasteiger partial charge is 0.253 e. The van der Waals surface area contributed by atoms with Gasteiger partial charge in [-0.15, -0.1) is 10.2 Å². The van der Waals surface area contributed by atoms with Gasteiger partial charge in [-0.3, -0.25) is 19.9 Å². The molecule has 0 radical (unpaired) electrons. The van der Waals surface area contributed by atoms with Crippen LogP contribution in [0, 0.1) is 0 Å². The third-order valence-electron chi connectivity index (χ3n) is 3.08. The zero-order valence-electron chi connectivity index (χ0n) is 12.8. The van der Waals surface area contributed by atoms with Gasteiger partial charge in [0.2, 0.25) is 11.0 Å².